The Morgan fingerprint density at radius 2 is 2.05 bits per heavy atom. The summed E-state index contributed by atoms with van der Waals surface area (Å²) in [5.41, 5.74) is 1.36. The van der Waals surface area contributed by atoms with Crippen LogP contribution >= 0.6 is 24.0 Å². The highest BCUT2D eigenvalue weighted by molar-refractivity contribution is 14.0. The molecule has 0 spiro atoms. The summed E-state index contributed by atoms with van der Waals surface area (Å²) in [6.07, 6.45) is 7.31. The number of hydrogen-bond acceptors (Lipinski definition) is 1. The van der Waals surface area contributed by atoms with Crippen molar-refractivity contribution in [3.63, 3.8) is 0 Å². The summed E-state index contributed by atoms with van der Waals surface area (Å²) in [4.78, 5) is 4.12. The van der Waals surface area contributed by atoms with E-state index in [1.165, 1.54) is 5.56 Å². The van der Waals surface area contributed by atoms with Crippen LogP contribution in [-0.2, 0) is 6.42 Å². The molecule has 0 aromatic heterocycles. The van der Waals surface area contributed by atoms with Crippen LogP contribution in [0, 0.1) is 12.3 Å². The van der Waals surface area contributed by atoms with E-state index in [4.69, 9.17) is 6.42 Å². The molecule has 104 valence electrons. The van der Waals surface area contributed by atoms with Crippen molar-refractivity contribution in [3.05, 3.63) is 35.9 Å². The zero-order chi connectivity index (χ0) is 13.2. The average molecular weight is 371 g/mol. The summed E-state index contributed by atoms with van der Waals surface area (Å²) in [7, 11) is 1.75. The predicted octanol–water partition coefficient (Wildman–Crippen LogP) is 2.42. The van der Waals surface area contributed by atoms with E-state index < -0.39 is 0 Å². The summed E-state index contributed by atoms with van der Waals surface area (Å²) in [6.45, 7) is 2.64. The molecule has 2 N–H and O–H groups in total. The van der Waals surface area contributed by atoms with Gasteiger partial charge < -0.3 is 10.6 Å². The zero-order valence-corrected chi connectivity index (χ0v) is 13.8. The molecule has 0 aliphatic carbocycles. The third kappa shape index (κ3) is 7.73. The quantitative estimate of drug-likeness (QED) is 0.361. The zero-order valence-electron chi connectivity index (χ0n) is 11.5. The Morgan fingerprint density at radius 1 is 1.37 bits per heavy atom. The first-order valence-corrected chi connectivity index (χ1v) is 6.21. The van der Waals surface area contributed by atoms with Crippen molar-refractivity contribution in [1.82, 2.24) is 10.6 Å². The number of aliphatic imine (C=N–C) groups is 1. The fraction of sp³-hybridized carbons (Fsp3) is 0.400. The molecule has 19 heavy (non-hydrogen) atoms. The van der Waals surface area contributed by atoms with Crippen LogP contribution in [0.25, 0.3) is 0 Å². The second-order valence-corrected chi connectivity index (χ2v) is 4.20. The molecule has 0 aliphatic rings. The van der Waals surface area contributed by atoms with Crippen molar-refractivity contribution in [2.75, 3.05) is 13.6 Å². The van der Waals surface area contributed by atoms with E-state index in [9.17, 15) is 0 Å². The van der Waals surface area contributed by atoms with Gasteiger partial charge in [-0.2, -0.15) is 0 Å². The van der Waals surface area contributed by atoms with Crippen molar-refractivity contribution in [3.8, 4) is 12.3 Å². The lowest BCUT2D eigenvalue weighted by atomic mass is 10.1. The Kier molecular flexibility index (Phi) is 9.99. The van der Waals surface area contributed by atoms with Crippen molar-refractivity contribution in [2.45, 2.75) is 25.8 Å². The van der Waals surface area contributed by atoms with E-state index in [0.29, 0.717) is 12.6 Å². The lowest BCUT2D eigenvalue weighted by Crippen LogP contribution is -2.42. The molecule has 1 rings (SSSR count). The summed E-state index contributed by atoms with van der Waals surface area (Å²) in [5.74, 6) is 3.29. The number of nitrogens with one attached hydrogen (secondary N) is 2. The number of terminal acetylenes is 1. The molecule has 0 fully saturated rings. The molecule has 0 radical (unpaired) electrons. The highest BCUT2D eigenvalue weighted by Gasteiger charge is 2.04. The molecular weight excluding hydrogens is 349 g/mol. The molecule has 0 amide bonds. The molecule has 1 unspecified atom stereocenters. The second-order valence-electron chi connectivity index (χ2n) is 4.20. The van der Waals surface area contributed by atoms with E-state index in [2.05, 4.69) is 52.7 Å². The fourth-order valence-electron chi connectivity index (χ4n) is 1.66. The van der Waals surface area contributed by atoms with Crippen LogP contribution in [0.4, 0.5) is 0 Å². The van der Waals surface area contributed by atoms with Gasteiger partial charge in [0.2, 0.25) is 0 Å². The molecule has 1 aromatic rings. The van der Waals surface area contributed by atoms with Crippen LogP contribution < -0.4 is 10.6 Å². The maximum Gasteiger partial charge on any atom is 0.191 e. The Labute approximate surface area is 133 Å². The molecule has 0 bridgehead atoms. The normalized spacial score (nSPS) is 11.9. The van der Waals surface area contributed by atoms with Crippen LogP contribution in [0.15, 0.2) is 35.3 Å². The van der Waals surface area contributed by atoms with Crippen LogP contribution in [0.5, 0.6) is 0 Å². The molecular formula is C15H22IN3. The SMILES string of the molecule is C#CCNC(=NC)NC(C)CCc1ccccc1.I. The van der Waals surface area contributed by atoms with E-state index >= 15 is 0 Å². The van der Waals surface area contributed by atoms with Crippen LogP contribution in [-0.4, -0.2) is 25.6 Å². The van der Waals surface area contributed by atoms with Gasteiger partial charge in [0.15, 0.2) is 5.96 Å². The number of rotatable bonds is 5. The van der Waals surface area contributed by atoms with Crippen molar-refractivity contribution >= 4 is 29.9 Å². The van der Waals surface area contributed by atoms with Gasteiger partial charge in [-0.3, -0.25) is 4.99 Å². The summed E-state index contributed by atoms with van der Waals surface area (Å²) < 4.78 is 0. The third-order valence-electron chi connectivity index (χ3n) is 2.67. The lowest BCUT2D eigenvalue weighted by molar-refractivity contribution is 0.596. The average Bonchev–Trinajstić information content (AvgIpc) is 2.42. The minimum atomic E-state index is 0. The lowest BCUT2D eigenvalue weighted by Gasteiger charge is -2.17. The van der Waals surface area contributed by atoms with Gasteiger partial charge in [0, 0.05) is 13.1 Å². The highest BCUT2D eigenvalue weighted by atomic mass is 127. The van der Waals surface area contributed by atoms with Crippen molar-refractivity contribution in [1.29, 1.82) is 0 Å². The Morgan fingerprint density at radius 3 is 2.63 bits per heavy atom. The third-order valence-corrected chi connectivity index (χ3v) is 2.67. The summed E-state index contributed by atoms with van der Waals surface area (Å²) in [6, 6.07) is 10.8. The first kappa shape index (κ1) is 17.8. The number of aryl methyl sites for hydroxylation is 1. The molecule has 0 heterocycles. The molecule has 1 atom stereocenters. The predicted molar refractivity (Wildman–Crippen MR) is 93.0 cm³/mol. The monoisotopic (exact) mass is 371 g/mol. The van der Waals surface area contributed by atoms with Crippen molar-refractivity contribution < 1.29 is 0 Å². The van der Waals surface area contributed by atoms with Crippen LogP contribution in [0.3, 0.4) is 0 Å². The Balaban J connectivity index is 0.00000324. The topological polar surface area (TPSA) is 36.4 Å². The highest BCUT2D eigenvalue weighted by Crippen LogP contribution is 2.04. The first-order valence-electron chi connectivity index (χ1n) is 6.21. The summed E-state index contributed by atoms with van der Waals surface area (Å²) in [5, 5.41) is 6.37. The van der Waals surface area contributed by atoms with Crippen molar-refractivity contribution in [2.24, 2.45) is 4.99 Å². The van der Waals surface area contributed by atoms with Gasteiger partial charge in [-0.05, 0) is 25.3 Å². The maximum absolute atomic E-state index is 5.20. The van der Waals surface area contributed by atoms with Gasteiger partial charge >= 0.3 is 0 Å². The van der Waals surface area contributed by atoms with E-state index in [0.717, 1.165) is 18.8 Å². The van der Waals surface area contributed by atoms with E-state index in [1.807, 2.05) is 6.07 Å². The number of guanidine groups is 1. The summed E-state index contributed by atoms with van der Waals surface area (Å²) >= 11 is 0. The van der Waals surface area contributed by atoms with Gasteiger partial charge in [-0.1, -0.05) is 36.3 Å². The standard InChI is InChI=1S/C15H21N3.HI/c1-4-12-17-15(16-3)18-13(2)10-11-14-8-6-5-7-9-14;/h1,5-9,13H,10-12H2,2-3H3,(H2,16,17,18);1H. The number of halogens is 1. The molecule has 4 heteroatoms. The van der Waals surface area contributed by atoms with Crippen LogP contribution in [0.2, 0.25) is 0 Å². The second kappa shape index (κ2) is 10.7. The smallest absolute Gasteiger partial charge is 0.191 e. The molecule has 0 saturated heterocycles. The molecule has 3 nitrogen and oxygen atoms in total. The fourth-order valence-corrected chi connectivity index (χ4v) is 1.66. The van der Waals surface area contributed by atoms with Gasteiger partial charge in [-0.15, -0.1) is 30.4 Å². The largest absolute Gasteiger partial charge is 0.354 e. The maximum atomic E-state index is 5.20. The number of benzene rings is 1. The van der Waals surface area contributed by atoms with Gasteiger partial charge in [0.25, 0.3) is 0 Å². The molecule has 1 aromatic carbocycles. The minimum Gasteiger partial charge on any atom is -0.354 e. The number of hydrogen-bond donors (Lipinski definition) is 2. The van der Waals surface area contributed by atoms with E-state index in [1.54, 1.807) is 7.05 Å². The molecule has 0 saturated carbocycles. The Bertz CT molecular complexity index is 409. The minimum absolute atomic E-state index is 0. The molecule has 0 aliphatic heterocycles. The Hall–Kier alpha value is -1.22. The van der Waals surface area contributed by atoms with E-state index in [-0.39, 0.29) is 24.0 Å². The van der Waals surface area contributed by atoms with Gasteiger partial charge in [0.1, 0.15) is 0 Å². The van der Waals surface area contributed by atoms with Crippen LogP contribution in [0.1, 0.15) is 18.9 Å². The van der Waals surface area contributed by atoms with Gasteiger partial charge in [0.05, 0.1) is 6.54 Å². The van der Waals surface area contributed by atoms with Gasteiger partial charge in [-0.25, -0.2) is 0 Å². The first-order chi connectivity index (χ1) is 8.76. The number of nitrogens with zero attached hydrogens (tertiary/aromatic N) is 1.